The van der Waals surface area contributed by atoms with Gasteiger partial charge in [-0.3, -0.25) is 0 Å². The first-order chi connectivity index (χ1) is 10.3. The van der Waals surface area contributed by atoms with Crippen molar-refractivity contribution in [3.63, 3.8) is 0 Å². The third-order valence-corrected chi connectivity index (χ3v) is 5.17. The lowest BCUT2D eigenvalue weighted by atomic mass is 10.0. The molecule has 0 aliphatic rings. The number of allylic oxidation sites excluding steroid dienone is 1. The van der Waals surface area contributed by atoms with E-state index in [1.54, 1.807) is 11.8 Å². The van der Waals surface area contributed by atoms with Crippen LogP contribution in [0.25, 0.3) is 26.9 Å². The normalized spacial score (nSPS) is 11.8. The molecule has 0 atom stereocenters. The number of para-hydroxylation sites is 1. The fourth-order valence-corrected chi connectivity index (χ4v) is 3.85. The van der Waals surface area contributed by atoms with E-state index in [0.717, 1.165) is 32.6 Å². The molecule has 0 saturated carbocycles. The fourth-order valence-electron chi connectivity index (χ4n) is 2.56. The number of aromatic amines is 1. The first-order valence-corrected chi connectivity index (χ1v) is 8.70. The molecule has 0 unspecified atom stereocenters. The van der Waals surface area contributed by atoms with Crippen molar-refractivity contribution in [3.8, 4) is 17.2 Å². The van der Waals surface area contributed by atoms with E-state index in [-0.39, 0.29) is 0 Å². The van der Waals surface area contributed by atoms with Crippen LogP contribution in [-0.2, 0) is 0 Å². The minimum absolute atomic E-state index is 0.762. The zero-order valence-electron chi connectivity index (χ0n) is 11.8. The largest absolute Gasteiger partial charge is 0.354 e. The number of nitrogens with zero attached hydrogens (tertiary/aromatic N) is 1. The highest BCUT2D eigenvalue weighted by Gasteiger charge is 2.18. The summed E-state index contributed by atoms with van der Waals surface area (Å²) in [7, 11) is 0. The fraction of sp³-hybridized carbons (Fsp3) is 0.118. The molecular formula is C17H14N2S2. The number of benzene rings is 1. The topological polar surface area (TPSA) is 39.6 Å². The van der Waals surface area contributed by atoms with Crippen LogP contribution < -0.4 is 0 Å². The van der Waals surface area contributed by atoms with Crippen LogP contribution in [0, 0.1) is 11.3 Å². The Morgan fingerprint density at radius 1 is 1.33 bits per heavy atom. The molecule has 0 amide bonds. The van der Waals surface area contributed by atoms with Gasteiger partial charge in [0.05, 0.1) is 5.69 Å². The van der Waals surface area contributed by atoms with Crippen LogP contribution >= 0.6 is 23.1 Å². The van der Waals surface area contributed by atoms with Gasteiger partial charge in [-0.1, -0.05) is 24.3 Å². The van der Waals surface area contributed by atoms with Gasteiger partial charge >= 0.3 is 0 Å². The van der Waals surface area contributed by atoms with Crippen molar-refractivity contribution in [2.75, 3.05) is 6.26 Å². The summed E-state index contributed by atoms with van der Waals surface area (Å²) in [4.78, 5) is 5.46. The molecule has 0 spiro atoms. The summed E-state index contributed by atoms with van der Waals surface area (Å²) >= 11 is 3.20. The average molecular weight is 310 g/mol. The molecule has 2 nitrogen and oxygen atoms in total. The minimum atomic E-state index is 0.762. The zero-order chi connectivity index (χ0) is 14.8. The number of H-pyrrole nitrogens is 1. The van der Waals surface area contributed by atoms with Crippen LogP contribution in [0.4, 0.5) is 0 Å². The van der Waals surface area contributed by atoms with Crippen LogP contribution in [0.5, 0.6) is 0 Å². The predicted octanol–water partition coefficient (Wildman–Crippen LogP) is 5.49. The van der Waals surface area contributed by atoms with Gasteiger partial charge in [-0.25, -0.2) is 0 Å². The molecule has 2 aromatic heterocycles. The van der Waals surface area contributed by atoms with E-state index < -0.39 is 0 Å². The Kier molecular flexibility index (Phi) is 3.87. The minimum Gasteiger partial charge on any atom is -0.354 e. The van der Waals surface area contributed by atoms with Gasteiger partial charge < -0.3 is 4.98 Å². The Bertz CT molecular complexity index is 862. The van der Waals surface area contributed by atoms with E-state index in [0.29, 0.717) is 0 Å². The van der Waals surface area contributed by atoms with E-state index >= 15 is 0 Å². The number of hydrogen-bond donors (Lipinski definition) is 1. The molecule has 1 aromatic carbocycles. The number of rotatable bonds is 3. The second kappa shape index (κ2) is 5.80. The molecule has 0 aliphatic heterocycles. The number of nitriles is 1. The second-order valence-electron chi connectivity index (χ2n) is 4.55. The van der Waals surface area contributed by atoms with Gasteiger partial charge in [0.1, 0.15) is 10.9 Å². The summed E-state index contributed by atoms with van der Waals surface area (Å²) in [6.45, 7) is 2.04. The molecule has 3 aromatic rings. The highest BCUT2D eigenvalue weighted by atomic mass is 32.2. The third-order valence-electron chi connectivity index (χ3n) is 3.47. The van der Waals surface area contributed by atoms with Gasteiger partial charge in [0, 0.05) is 26.9 Å². The Labute approximate surface area is 132 Å². The summed E-state index contributed by atoms with van der Waals surface area (Å²) in [6, 6.07) is 12.6. The molecule has 0 fully saturated rings. The van der Waals surface area contributed by atoms with Gasteiger partial charge in [-0.05, 0) is 30.7 Å². The highest BCUT2D eigenvalue weighted by Crippen LogP contribution is 2.41. The Balaban J connectivity index is 2.39. The molecule has 4 heteroatoms. The van der Waals surface area contributed by atoms with E-state index in [1.165, 1.54) is 16.2 Å². The van der Waals surface area contributed by atoms with Crippen molar-refractivity contribution < 1.29 is 0 Å². The number of aromatic nitrogens is 1. The standard InChI is InChI=1S/C17H14N2S2/c1-3-14(20-2)17-16(12-8-9-21-15(12)10-18)11-6-4-5-7-13(11)19-17/h3-9,19H,1-2H3/b14-3-. The summed E-state index contributed by atoms with van der Waals surface area (Å²) in [6.07, 6.45) is 4.18. The Hall–Kier alpha value is -1.96. The first-order valence-electron chi connectivity index (χ1n) is 6.59. The van der Waals surface area contributed by atoms with Crippen LogP contribution in [-0.4, -0.2) is 11.2 Å². The third kappa shape index (κ3) is 2.29. The molecule has 21 heavy (non-hydrogen) atoms. The zero-order valence-corrected chi connectivity index (χ0v) is 13.4. The number of fused-ring (bicyclic) bond motifs is 1. The lowest BCUT2D eigenvalue weighted by Crippen LogP contribution is -1.85. The molecule has 0 saturated heterocycles. The SMILES string of the molecule is C/C=C(\SC)c1[nH]c2ccccc2c1-c1ccsc1C#N. The predicted molar refractivity (Wildman–Crippen MR) is 93.5 cm³/mol. The molecule has 0 aliphatic carbocycles. The monoisotopic (exact) mass is 310 g/mol. The second-order valence-corrected chi connectivity index (χ2v) is 6.32. The van der Waals surface area contributed by atoms with Gasteiger partial charge in [0.15, 0.2) is 0 Å². The molecule has 104 valence electrons. The van der Waals surface area contributed by atoms with Crippen molar-refractivity contribution >= 4 is 38.9 Å². The lowest BCUT2D eigenvalue weighted by Gasteiger charge is -2.06. The maximum absolute atomic E-state index is 9.35. The van der Waals surface area contributed by atoms with Crippen LogP contribution in [0.1, 0.15) is 17.5 Å². The van der Waals surface area contributed by atoms with E-state index in [4.69, 9.17) is 0 Å². The Morgan fingerprint density at radius 3 is 2.86 bits per heavy atom. The van der Waals surface area contributed by atoms with Crippen molar-refractivity contribution in [1.82, 2.24) is 4.98 Å². The van der Waals surface area contributed by atoms with Crippen molar-refractivity contribution in [2.45, 2.75) is 6.92 Å². The van der Waals surface area contributed by atoms with E-state index in [9.17, 15) is 5.26 Å². The number of nitrogens with one attached hydrogen (secondary N) is 1. The van der Waals surface area contributed by atoms with Gasteiger partial charge in [-0.15, -0.1) is 23.1 Å². The lowest BCUT2D eigenvalue weighted by molar-refractivity contribution is 1.42. The van der Waals surface area contributed by atoms with Crippen LogP contribution in [0.3, 0.4) is 0 Å². The molecule has 3 rings (SSSR count). The van der Waals surface area contributed by atoms with E-state index in [1.807, 2.05) is 30.5 Å². The first kappa shape index (κ1) is 14.0. The smallest absolute Gasteiger partial charge is 0.112 e. The van der Waals surface area contributed by atoms with Crippen LogP contribution in [0.15, 0.2) is 41.8 Å². The molecule has 1 N–H and O–H groups in total. The maximum atomic E-state index is 9.35. The quantitative estimate of drug-likeness (QED) is 0.694. The van der Waals surface area contributed by atoms with Crippen molar-refractivity contribution in [3.05, 3.63) is 52.4 Å². The number of thioether (sulfide) groups is 1. The van der Waals surface area contributed by atoms with Crippen molar-refractivity contribution in [2.24, 2.45) is 0 Å². The molecular weight excluding hydrogens is 296 g/mol. The average Bonchev–Trinajstić information content (AvgIpc) is 3.11. The summed E-state index contributed by atoms with van der Waals surface area (Å²) < 4.78 is 0. The number of thiophene rings is 1. The van der Waals surface area contributed by atoms with Gasteiger partial charge in [-0.2, -0.15) is 5.26 Å². The van der Waals surface area contributed by atoms with Gasteiger partial charge in [0.25, 0.3) is 0 Å². The highest BCUT2D eigenvalue weighted by molar-refractivity contribution is 8.07. The Morgan fingerprint density at radius 2 is 2.14 bits per heavy atom. The maximum Gasteiger partial charge on any atom is 0.112 e. The summed E-state index contributed by atoms with van der Waals surface area (Å²) in [5, 5.41) is 12.5. The molecule has 0 radical (unpaired) electrons. The molecule has 2 heterocycles. The molecule has 0 bridgehead atoms. The summed E-state index contributed by atoms with van der Waals surface area (Å²) in [5.74, 6) is 0. The summed E-state index contributed by atoms with van der Waals surface area (Å²) in [5.41, 5.74) is 4.35. The number of hydrogen-bond acceptors (Lipinski definition) is 3. The van der Waals surface area contributed by atoms with Crippen LogP contribution in [0.2, 0.25) is 0 Å². The van der Waals surface area contributed by atoms with E-state index in [2.05, 4.69) is 35.5 Å². The van der Waals surface area contributed by atoms with Crippen molar-refractivity contribution in [1.29, 1.82) is 5.26 Å². The van der Waals surface area contributed by atoms with Gasteiger partial charge in [0.2, 0.25) is 0 Å².